The zero-order valence-corrected chi connectivity index (χ0v) is 13.0. The molecule has 0 aliphatic rings. The van der Waals surface area contributed by atoms with Crippen LogP contribution < -0.4 is 4.74 Å². The maximum Gasteiger partial charge on any atom is 0.328 e. The molecular weight excluding hydrogens is 282 g/mol. The number of esters is 1. The molecule has 0 spiro atoms. The number of hydrogen-bond acceptors (Lipinski definition) is 4. The van der Waals surface area contributed by atoms with Crippen molar-refractivity contribution in [2.75, 3.05) is 14.2 Å². The van der Waals surface area contributed by atoms with Crippen molar-refractivity contribution in [3.8, 4) is 5.75 Å². The summed E-state index contributed by atoms with van der Waals surface area (Å²) in [6.45, 7) is 7.38. The first-order chi connectivity index (χ1) is 10.6. The predicted molar refractivity (Wildman–Crippen MR) is 84.4 cm³/mol. The molecule has 1 aromatic carbocycles. The van der Waals surface area contributed by atoms with E-state index in [1.165, 1.54) is 18.1 Å². The van der Waals surface area contributed by atoms with Crippen LogP contribution in [0, 0.1) is 0 Å². The molecular formula is C17H21NO4. The minimum Gasteiger partial charge on any atom is -0.497 e. The van der Waals surface area contributed by atoms with Gasteiger partial charge in [-0.3, -0.25) is 4.79 Å². The van der Waals surface area contributed by atoms with E-state index in [4.69, 9.17) is 9.47 Å². The minimum atomic E-state index is -0.727. The fourth-order valence-corrected chi connectivity index (χ4v) is 2.03. The zero-order chi connectivity index (χ0) is 16.5. The van der Waals surface area contributed by atoms with E-state index >= 15 is 0 Å². The normalized spacial score (nSPS) is 11.2. The maximum absolute atomic E-state index is 12.1. The van der Waals surface area contributed by atoms with Crippen molar-refractivity contribution < 1.29 is 19.1 Å². The highest BCUT2D eigenvalue weighted by Crippen LogP contribution is 2.17. The third-order valence-electron chi connectivity index (χ3n) is 3.21. The summed E-state index contributed by atoms with van der Waals surface area (Å²) in [5.41, 5.74) is 0.869. The van der Waals surface area contributed by atoms with Gasteiger partial charge in [-0.05, 0) is 30.2 Å². The molecule has 0 aliphatic heterocycles. The van der Waals surface area contributed by atoms with Crippen LogP contribution in [-0.4, -0.2) is 37.0 Å². The van der Waals surface area contributed by atoms with Crippen LogP contribution in [0.2, 0.25) is 0 Å². The van der Waals surface area contributed by atoms with Gasteiger partial charge in [-0.2, -0.15) is 0 Å². The second-order valence-electron chi connectivity index (χ2n) is 4.58. The van der Waals surface area contributed by atoms with Crippen LogP contribution in [0.25, 0.3) is 0 Å². The van der Waals surface area contributed by atoms with Gasteiger partial charge >= 0.3 is 5.97 Å². The second-order valence-corrected chi connectivity index (χ2v) is 4.58. The SMILES string of the molecule is C=CC[C@H](C(=O)OC)N(Cc1ccc(OC)cc1)C(=O)C=C. The fourth-order valence-electron chi connectivity index (χ4n) is 2.03. The predicted octanol–water partition coefficient (Wildman–Crippen LogP) is 2.33. The molecule has 0 radical (unpaired) electrons. The molecule has 0 aromatic heterocycles. The third kappa shape index (κ3) is 4.48. The van der Waals surface area contributed by atoms with Gasteiger partial charge in [-0.1, -0.05) is 24.8 Å². The Labute approximate surface area is 130 Å². The molecule has 118 valence electrons. The average molecular weight is 303 g/mol. The quantitative estimate of drug-likeness (QED) is 0.420. The highest BCUT2D eigenvalue weighted by molar-refractivity contribution is 5.91. The molecule has 0 bridgehead atoms. The van der Waals surface area contributed by atoms with Crippen LogP contribution in [-0.2, 0) is 20.9 Å². The van der Waals surface area contributed by atoms with E-state index in [-0.39, 0.29) is 12.5 Å². The smallest absolute Gasteiger partial charge is 0.328 e. The molecule has 0 heterocycles. The van der Waals surface area contributed by atoms with Gasteiger partial charge in [0.15, 0.2) is 0 Å². The summed E-state index contributed by atoms with van der Waals surface area (Å²) in [6, 6.07) is 6.55. The molecule has 5 heteroatoms. The molecule has 1 atom stereocenters. The van der Waals surface area contributed by atoms with E-state index in [1.54, 1.807) is 25.3 Å². The number of rotatable bonds is 8. The van der Waals surface area contributed by atoms with Crippen molar-refractivity contribution in [3.63, 3.8) is 0 Å². The summed E-state index contributed by atoms with van der Waals surface area (Å²) in [5.74, 6) is -0.0994. The number of hydrogen-bond donors (Lipinski definition) is 0. The summed E-state index contributed by atoms with van der Waals surface area (Å²) in [7, 11) is 2.88. The first-order valence-corrected chi connectivity index (χ1v) is 6.82. The van der Waals surface area contributed by atoms with Crippen molar-refractivity contribution in [2.45, 2.75) is 19.0 Å². The van der Waals surface area contributed by atoms with Gasteiger partial charge in [0.2, 0.25) is 5.91 Å². The van der Waals surface area contributed by atoms with Crippen molar-refractivity contribution in [1.29, 1.82) is 0 Å². The number of carbonyl (C=O) groups excluding carboxylic acids is 2. The van der Waals surface area contributed by atoms with Crippen LogP contribution in [0.5, 0.6) is 5.75 Å². The molecule has 5 nitrogen and oxygen atoms in total. The summed E-state index contributed by atoms with van der Waals surface area (Å²) in [5, 5.41) is 0. The van der Waals surface area contributed by atoms with Gasteiger partial charge < -0.3 is 14.4 Å². The van der Waals surface area contributed by atoms with E-state index in [2.05, 4.69) is 13.2 Å². The number of methoxy groups -OCH3 is 2. The number of benzene rings is 1. The Bertz CT molecular complexity index is 536. The largest absolute Gasteiger partial charge is 0.497 e. The Hall–Kier alpha value is -2.56. The second kappa shape index (κ2) is 8.67. The Morgan fingerprint density at radius 1 is 1.23 bits per heavy atom. The molecule has 1 rings (SSSR count). The van der Waals surface area contributed by atoms with Gasteiger partial charge in [0.1, 0.15) is 11.8 Å². The summed E-state index contributed by atoms with van der Waals surface area (Å²) in [4.78, 5) is 25.5. The van der Waals surface area contributed by atoms with Crippen LogP contribution in [0.3, 0.4) is 0 Å². The van der Waals surface area contributed by atoms with Crippen LogP contribution in [0.1, 0.15) is 12.0 Å². The molecule has 0 saturated heterocycles. The lowest BCUT2D eigenvalue weighted by atomic mass is 10.1. The topological polar surface area (TPSA) is 55.8 Å². The highest BCUT2D eigenvalue weighted by Gasteiger charge is 2.28. The third-order valence-corrected chi connectivity index (χ3v) is 3.21. The van der Waals surface area contributed by atoms with Crippen molar-refractivity contribution in [2.24, 2.45) is 0 Å². The van der Waals surface area contributed by atoms with E-state index in [1.807, 2.05) is 12.1 Å². The summed E-state index contributed by atoms with van der Waals surface area (Å²) in [6.07, 6.45) is 3.07. The van der Waals surface area contributed by atoms with Gasteiger partial charge in [0.05, 0.1) is 14.2 Å². The maximum atomic E-state index is 12.1. The number of carbonyl (C=O) groups is 2. The van der Waals surface area contributed by atoms with Crippen molar-refractivity contribution >= 4 is 11.9 Å². The van der Waals surface area contributed by atoms with E-state index in [9.17, 15) is 9.59 Å². The lowest BCUT2D eigenvalue weighted by molar-refractivity contribution is -0.151. The molecule has 0 fully saturated rings. The van der Waals surface area contributed by atoms with Gasteiger partial charge in [0, 0.05) is 6.54 Å². The summed E-state index contributed by atoms with van der Waals surface area (Å²) < 4.78 is 9.88. The minimum absolute atomic E-state index is 0.266. The fraction of sp³-hybridized carbons (Fsp3) is 0.294. The molecule has 1 aromatic rings. The van der Waals surface area contributed by atoms with E-state index < -0.39 is 12.0 Å². The van der Waals surface area contributed by atoms with Crippen molar-refractivity contribution in [3.05, 3.63) is 55.1 Å². The Morgan fingerprint density at radius 3 is 2.32 bits per heavy atom. The van der Waals surface area contributed by atoms with Crippen LogP contribution in [0.15, 0.2) is 49.6 Å². The molecule has 0 unspecified atom stereocenters. The standard InChI is InChI=1S/C17H21NO4/c1-5-7-15(17(20)22-4)18(16(19)6-2)12-13-8-10-14(21-3)11-9-13/h5-6,8-11,15H,1-2,7,12H2,3-4H3/t15-/m1/s1. The van der Waals surface area contributed by atoms with Gasteiger partial charge in [-0.15, -0.1) is 6.58 Å². The first-order valence-electron chi connectivity index (χ1n) is 6.82. The average Bonchev–Trinajstić information content (AvgIpc) is 2.57. The van der Waals surface area contributed by atoms with E-state index in [0.29, 0.717) is 6.42 Å². The Kier molecular flexibility index (Phi) is 6.89. The summed E-state index contributed by atoms with van der Waals surface area (Å²) >= 11 is 0. The zero-order valence-electron chi connectivity index (χ0n) is 13.0. The molecule has 0 saturated carbocycles. The lowest BCUT2D eigenvalue weighted by Crippen LogP contribution is -2.44. The Balaban J connectivity index is 3.04. The molecule has 0 aliphatic carbocycles. The Morgan fingerprint density at radius 2 is 1.86 bits per heavy atom. The van der Waals surface area contributed by atoms with Crippen LogP contribution in [0.4, 0.5) is 0 Å². The van der Waals surface area contributed by atoms with Gasteiger partial charge in [-0.25, -0.2) is 4.79 Å². The number of amides is 1. The van der Waals surface area contributed by atoms with Crippen LogP contribution >= 0.6 is 0 Å². The molecule has 1 amide bonds. The molecule has 22 heavy (non-hydrogen) atoms. The number of nitrogens with zero attached hydrogens (tertiary/aromatic N) is 1. The monoisotopic (exact) mass is 303 g/mol. The molecule has 0 N–H and O–H groups in total. The number of ether oxygens (including phenoxy) is 2. The lowest BCUT2D eigenvalue weighted by Gasteiger charge is -2.28. The van der Waals surface area contributed by atoms with Gasteiger partial charge in [0.25, 0.3) is 0 Å². The first kappa shape index (κ1) is 17.5. The highest BCUT2D eigenvalue weighted by atomic mass is 16.5. The van der Waals surface area contributed by atoms with E-state index in [0.717, 1.165) is 11.3 Å². The van der Waals surface area contributed by atoms with Crippen molar-refractivity contribution in [1.82, 2.24) is 4.90 Å².